The first-order chi connectivity index (χ1) is 15.0. The minimum Gasteiger partial charge on any atom is -0.462 e. The molecule has 0 saturated heterocycles. The third-order valence-electron chi connectivity index (χ3n) is 5.42. The molecule has 0 aromatic carbocycles. The highest BCUT2D eigenvalue weighted by Crippen LogP contribution is 2.39. The minimum atomic E-state index is -0.411. The number of rotatable bonds is 6. The van der Waals surface area contributed by atoms with E-state index in [1.165, 1.54) is 11.1 Å². The van der Waals surface area contributed by atoms with Crippen molar-refractivity contribution in [3.63, 3.8) is 0 Å². The van der Waals surface area contributed by atoms with Crippen LogP contribution in [0.15, 0.2) is 34.0 Å². The molecule has 7 nitrogen and oxygen atoms in total. The van der Waals surface area contributed by atoms with E-state index >= 15 is 0 Å². The number of esters is 1. The first-order valence-electron chi connectivity index (χ1n) is 10.4. The number of carbonyl (C=O) groups is 2. The standard InChI is InChI=1S/C23H25N3O4S/c1-4-29-23(28)20-17-8-5-6-10-19(17)31-22(20)26-14(2)12-16(15(26)3)13-24-25-21(27)18-9-7-11-30-18/h7,9,11-13H,4-6,8,10H2,1-3H3,(H,25,27)/b24-13-. The number of amides is 1. The zero-order chi connectivity index (χ0) is 22.0. The van der Waals surface area contributed by atoms with Gasteiger partial charge in [-0.25, -0.2) is 10.2 Å². The highest BCUT2D eigenvalue weighted by molar-refractivity contribution is 7.15. The maximum Gasteiger partial charge on any atom is 0.341 e. The van der Waals surface area contributed by atoms with Crippen LogP contribution in [0.4, 0.5) is 0 Å². The molecule has 0 spiro atoms. The lowest BCUT2D eigenvalue weighted by atomic mass is 9.95. The van der Waals surface area contributed by atoms with E-state index in [-0.39, 0.29) is 11.7 Å². The Balaban J connectivity index is 1.67. The number of ether oxygens (including phenoxy) is 1. The van der Waals surface area contributed by atoms with Gasteiger partial charge in [-0.05, 0) is 70.2 Å². The average molecular weight is 440 g/mol. The monoisotopic (exact) mass is 439 g/mol. The summed E-state index contributed by atoms with van der Waals surface area (Å²) in [5.74, 6) is -0.471. The SMILES string of the molecule is CCOC(=O)c1c(-n2c(C)cc(/C=N\NC(=O)c3ccco3)c2C)sc2c1CCCC2. The summed E-state index contributed by atoms with van der Waals surface area (Å²) in [4.78, 5) is 26.1. The topological polar surface area (TPSA) is 85.8 Å². The van der Waals surface area contributed by atoms with Crippen LogP contribution in [0, 0.1) is 13.8 Å². The van der Waals surface area contributed by atoms with E-state index in [0.29, 0.717) is 12.2 Å². The molecule has 3 aromatic heterocycles. The zero-order valence-electron chi connectivity index (χ0n) is 17.9. The minimum absolute atomic E-state index is 0.200. The Hall–Kier alpha value is -3.13. The third-order valence-corrected chi connectivity index (χ3v) is 6.70. The van der Waals surface area contributed by atoms with Crippen LogP contribution in [0.5, 0.6) is 0 Å². The lowest BCUT2D eigenvalue weighted by Crippen LogP contribution is -2.16. The lowest BCUT2D eigenvalue weighted by Gasteiger charge is -2.13. The number of thiophene rings is 1. The summed E-state index contributed by atoms with van der Waals surface area (Å²) in [5.41, 5.74) is 7.09. The van der Waals surface area contributed by atoms with Gasteiger partial charge in [0.25, 0.3) is 0 Å². The van der Waals surface area contributed by atoms with Crippen LogP contribution in [0.2, 0.25) is 0 Å². The lowest BCUT2D eigenvalue weighted by molar-refractivity contribution is 0.0525. The third kappa shape index (κ3) is 4.07. The van der Waals surface area contributed by atoms with Gasteiger partial charge in [0.1, 0.15) is 5.00 Å². The summed E-state index contributed by atoms with van der Waals surface area (Å²) in [6.45, 7) is 6.16. The van der Waals surface area contributed by atoms with E-state index < -0.39 is 5.91 Å². The van der Waals surface area contributed by atoms with Crippen LogP contribution in [0.25, 0.3) is 5.00 Å². The maximum atomic E-state index is 12.8. The van der Waals surface area contributed by atoms with Crippen molar-refractivity contribution in [1.82, 2.24) is 9.99 Å². The number of nitrogens with one attached hydrogen (secondary N) is 1. The van der Waals surface area contributed by atoms with E-state index in [2.05, 4.69) is 15.1 Å². The quantitative estimate of drug-likeness (QED) is 0.346. The van der Waals surface area contributed by atoms with Crippen LogP contribution < -0.4 is 5.43 Å². The van der Waals surface area contributed by atoms with Gasteiger partial charge in [-0.15, -0.1) is 11.3 Å². The van der Waals surface area contributed by atoms with E-state index in [1.807, 2.05) is 26.8 Å². The van der Waals surface area contributed by atoms with Gasteiger partial charge >= 0.3 is 11.9 Å². The predicted octanol–water partition coefficient (Wildman–Crippen LogP) is 4.57. The number of furan rings is 1. The number of hydrogen-bond acceptors (Lipinski definition) is 6. The van der Waals surface area contributed by atoms with Gasteiger partial charge in [0.15, 0.2) is 5.76 Å². The largest absolute Gasteiger partial charge is 0.462 e. The molecule has 0 bridgehead atoms. The highest BCUT2D eigenvalue weighted by atomic mass is 32.1. The van der Waals surface area contributed by atoms with E-state index in [0.717, 1.165) is 53.2 Å². The molecule has 0 aliphatic heterocycles. The fraction of sp³-hybridized carbons (Fsp3) is 0.348. The fourth-order valence-electron chi connectivity index (χ4n) is 3.98. The zero-order valence-corrected chi connectivity index (χ0v) is 18.7. The summed E-state index contributed by atoms with van der Waals surface area (Å²) >= 11 is 1.67. The van der Waals surface area contributed by atoms with Gasteiger partial charge in [-0.1, -0.05) is 0 Å². The average Bonchev–Trinajstić information content (AvgIpc) is 3.46. The van der Waals surface area contributed by atoms with Crippen LogP contribution in [-0.2, 0) is 17.6 Å². The Kier molecular flexibility index (Phi) is 6.08. The molecule has 0 radical (unpaired) electrons. The van der Waals surface area contributed by atoms with Crippen LogP contribution in [-0.4, -0.2) is 29.3 Å². The first kappa shape index (κ1) is 21.1. The first-order valence-corrected chi connectivity index (χ1v) is 11.2. The highest BCUT2D eigenvalue weighted by Gasteiger charge is 2.28. The van der Waals surface area contributed by atoms with Gasteiger partial charge in [-0.3, -0.25) is 4.79 Å². The van der Waals surface area contributed by atoms with Crippen molar-refractivity contribution >= 4 is 29.4 Å². The molecule has 1 N–H and O–H groups in total. The molecule has 0 fully saturated rings. The number of aryl methyl sites for hydroxylation is 2. The molecule has 1 amide bonds. The van der Waals surface area contributed by atoms with Crippen molar-refractivity contribution in [3.05, 3.63) is 63.2 Å². The van der Waals surface area contributed by atoms with Crippen molar-refractivity contribution in [2.75, 3.05) is 6.61 Å². The van der Waals surface area contributed by atoms with Crippen molar-refractivity contribution in [1.29, 1.82) is 0 Å². The van der Waals surface area contributed by atoms with Gasteiger partial charge < -0.3 is 13.7 Å². The Labute approximate surface area is 184 Å². The Morgan fingerprint density at radius 1 is 1.32 bits per heavy atom. The molecule has 1 aliphatic rings. The second-order valence-electron chi connectivity index (χ2n) is 7.45. The van der Waals surface area contributed by atoms with Crippen molar-refractivity contribution < 1.29 is 18.7 Å². The molecule has 4 rings (SSSR count). The summed E-state index contributed by atoms with van der Waals surface area (Å²) in [5, 5.41) is 4.97. The van der Waals surface area contributed by atoms with Gasteiger partial charge in [0.05, 0.1) is 24.6 Å². The van der Waals surface area contributed by atoms with Gasteiger partial charge in [0, 0.05) is 21.8 Å². The number of aromatic nitrogens is 1. The Morgan fingerprint density at radius 3 is 2.87 bits per heavy atom. The van der Waals surface area contributed by atoms with Gasteiger partial charge in [-0.2, -0.15) is 5.10 Å². The molecule has 0 unspecified atom stereocenters. The van der Waals surface area contributed by atoms with Crippen LogP contribution in [0.1, 0.15) is 68.1 Å². The second kappa shape index (κ2) is 8.93. The normalized spacial score (nSPS) is 13.4. The Bertz CT molecular complexity index is 1140. The van der Waals surface area contributed by atoms with E-state index in [9.17, 15) is 9.59 Å². The second-order valence-corrected chi connectivity index (χ2v) is 8.53. The number of carbonyl (C=O) groups excluding carboxylic acids is 2. The van der Waals surface area contributed by atoms with Crippen molar-refractivity contribution in [2.24, 2.45) is 5.10 Å². The Morgan fingerprint density at radius 2 is 2.13 bits per heavy atom. The molecule has 8 heteroatoms. The summed E-state index contributed by atoms with van der Waals surface area (Å²) in [6, 6.07) is 5.21. The van der Waals surface area contributed by atoms with E-state index in [1.54, 1.807) is 29.7 Å². The fourth-order valence-corrected chi connectivity index (χ4v) is 5.46. The summed E-state index contributed by atoms with van der Waals surface area (Å²) in [7, 11) is 0. The van der Waals surface area contributed by atoms with Crippen molar-refractivity contribution in [3.8, 4) is 5.00 Å². The molecule has 162 valence electrons. The molecule has 31 heavy (non-hydrogen) atoms. The predicted molar refractivity (Wildman–Crippen MR) is 119 cm³/mol. The molecule has 1 aliphatic carbocycles. The molecule has 3 aromatic rings. The molecular formula is C23H25N3O4S. The van der Waals surface area contributed by atoms with Gasteiger partial charge in [0.2, 0.25) is 0 Å². The summed E-state index contributed by atoms with van der Waals surface area (Å²) in [6.07, 6.45) is 7.19. The van der Waals surface area contributed by atoms with Crippen molar-refractivity contribution in [2.45, 2.75) is 46.5 Å². The molecule has 0 atom stereocenters. The smallest absolute Gasteiger partial charge is 0.341 e. The van der Waals surface area contributed by atoms with Crippen LogP contribution >= 0.6 is 11.3 Å². The molecule has 0 saturated carbocycles. The maximum absolute atomic E-state index is 12.8. The number of hydrazone groups is 1. The number of nitrogens with zero attached hydrogens (tertiary/aromatic N) is 2. The number of fused-ring (bicyclic) bond motifs is 1. The molecule has 3 heterocycles. The van der Waals surface area contributed by atoms with Crippen LogP contribution in [0.3, 0.4) is 0 Å². The number of hydrogen-bond donors (Lipinski definition) is 1. The molecular weight excluding hydrogens is 414 g/mol. The van der Waals surface area contributed by atoms with E-state index in [4.69, 9.17) is 9.15 Å². The summed E-state index contributed by atoms with van der Waals surface area (Å²) < 4.78 is 12.6.